The van der Waals surface area contributed by atoms with Crippen molar-refractivity contribution in [3.05, 3.63) is 53.3 Å². The molecule has 1 aromatic carbocycles. The van der Waals surface area contributed by atoms with Gasteiger partial charge in [-0.15, -0.1) is 0 Å². The minimum atomic E-state index is -0.0900. The van der Waals surface area contributed by atoms with Gasteiger partial charge < -0.3 is 11.1 Å². The molecular formula is C15H15ClN4S. The maximum Gasteiger partial charge on any atom is 0.131 e. The summed E-state index contributed by atoms with van der Waals surface area (Å²) in [6.07, 6.45) is 0.780. The van der Waals surface area contributed by atoms with E-state index in [1.165, 1.54) is 16.2 Å². The number of hydrogen-bond donors (Lipinski definition) is 2. The Morgan fingerprint density at radius 2 is 2.05 bits per heavy atom. The Morgan fingerprint density at radius 1 is 1.19 bits per heavy atom. The molecule has 2 heterocycles. The first-order valence-corrected chi connectivity index (χ1v) is 7.85. The number of rotatable bonds is 5. The van der Waals surface area contributed by atoms with Crippen LogP contribution >= 0.6 is 23.1 Å². The predicted octanol–water partition coefficient (Wildman–Crippen LogP) is 3.85. The zero-order valence-electron chi connectivity index (χ0n) is 11.3. The number of halogens is 1. The number of fused-ring (bicyclic) bond motifs is 1. The van der Waals surface area contributed by atoms with Crippen LogP contribution in [0.5, 0.6) is 0 Å². The number of nitrogens with one attached hydrogen (secondary N) is 1. The fourth-order valence-electron chi connectivity index (χ4n) is 2.17. The van der Waals surface area contributed by atoms with Gasteiger partial charge in [0.15, 0.2) is 0 Å². The van der Waals surface area contributed by atoms with Gasteiger partial charge in [-0.1, -0.05) is 35.9 Å². The summed E-state index contributed by atoms with van der Waals surface area (Å²) in [7, 11) is 0. The number of aromatic nitrogens is 2. The third-order valence-corrected chi connectivity index (χ3v) is 4.28. The highest BCUT2D eigenvalue weighted by Crippen LogP contribution is 2.27. The zero-order chi connectivity index (χ0) is 14.7. The molecule has 3 aromatic rings. The van der Waals surface area contributed by atoms with Crippen molar-refractivity contribution in [2.24, 2.45) is 5.73 Å². The first-order valence-electron chi connectivity index (χ1n) is 6.70. The molecule has 3 rings (SSSR count). The van der Waals surface area contributed by atoms with Crippen LogP contribution in [0.15, 0.2) is 42.5 Å². The summed E-state index contributed by atoms with van der Waals surface area (Å²) in [5.74, 6) is 0.762. The number of benzene rings is 1. The summed E-state index contributed by atoms with van der Waals surface area (Å²) in [6.45, 7) is 0.723. The lowest BCUT2D eigenvalue weighted by molar-refractivity contribution is 0.666. The second kappa shape index (κ2) is 6.39. The highest BCUT2D eigenvalue weighted by Gasteiger charge is 2.13. The Bertz CT molecular complexity index is 743. The molecule has 0 saturated heterocycles. The van der Waals surface area contributed by atoms with Crippen LogP contribution in [0, 0.1) is 0 Å². The van der Waals surface area contributed by atoms with E-state index < -0.39 is 0 Å². The van der Waals surface area contributed by atoms with E-state index in [9.17, 15) is 0 Å². The third kappa shape index (κ3) is 3.32. The number of hydrogen-bond acceptors (Lipinski definition) is 5. The van der Waals surface area contributed by atoms with Crippen LogP contribution in [0.25, 0.3) is 10.1 Å². The summed E-state index contributed by atoms with van der Waals surface area (Å²) in [5, 5.41) is 4.86. The molecule has 0 aliphatic rings. The van der Waals surface area contributed by atoms with Crippen molar-refractivity contribution in [3.8, 4) is 0 Å². The van der Waals surface area contributed by atoms with Crippen molar-refractivity contribution in [2.45, 2.75) is 12.5 Å². The van der Waals surface area contributed by atoms with E-state index in [1.54, 1.807) is 6.07 Å². The lowest BCUT2D eigenvalue weighted by Gasteiger charge is -2.11. The van der Waals surface area contributed by atoms with Crippen LogP contribution in [-0.4, -0.2) is 15.9 Å². The molecule has 0 spiro atoms. The molecular weight excluding hydrogens is 304 g/mol. The molecule has 1 atom stereocenters. The van der Waals surface area contributed by atoms with Gasteiger partial charge in [-0.3, -0.25) is 0 Å². The van der Waals surface area contributed by atoms with Gasteiger partial charge in [0.25, 0.3) is 0 Å². The summed E-state index contributed by atoms with van der Waals surface area (Å²) in [4.78, 5) is 4.18. The molecule has 0 radical (unpaired) electrons. The SMILES string of the molecule is NC(CCNc1cccc(Cl)n1)c1nsc2ccccc12. The fraction of sp³-hybridized carbons (Fsp3) is 0.200. The van der Waals surface area contributed by atoms with Gasteiger partial charge in [0, 0.05) is 11.9 Å². The number of nitrogens with two attached hydrogens (primary N) is 1. The van der Waals surface area contributed by atoms with Crippen molar-refractivity contribution in [1.82, 2.24) is 9.36 Å². The molecule has 0 amide bonds. The van der Waals surface area contributed by atoms with E-state index >= 15 is 0 Å². The monoisotopic (exact) mass is 318 g/mol. The third-order valence-electron chi connectivity index (χ3n) is 3.23. The zero-order valence-corrected chi connectivity index (χ0v) is 12.9. The minimum Gasteiger partial charge on any atom is -0.370 e. The number of pyridine rings is 1. The minimum absolute atomic E-state index is 0.0900. The molecule has 0 fully saturated rings. The normalized spacial score (nSPS) is 12.5. The van der Waals surface area contributed by atoms with Crippen LogP contribution in [0.3, 0.4) is 0 Å². The van der Waals surface area contributed by atoms with Crippen LogP contribution < -0.4 is 11.1 Å². The second-order valence-electron chi connectivity index (χ2n) is 4.73. The molecule has 0 bridgehead atoms. The molecule has 6 heteroatoms. The van der Waals surface area contributed by atoms with Crippen molar-refractivity contribution in [2.75, 3.05) is 11.9 Å². The van der Waals surface area contributed by atoms with E-state index in [0.29, 0.717) is 5.15 Å². The molecule has 0 aliphatic carbocycles. The molecule has 1 unspecified atom stereocenters. The smallest absolute Gasteiger partial charge is 0.131 e. The summed E-state index contributed by atoms with van der Waals surface area (Å²) >= 11 is 7.34. The van der Waals surface area contributed by atoms with Gasteiger partial charge in [0.1, 0.15) is 11.0 Å². The van der Waals surface area contributed by atoms with Crippen LogP contribution in [-0.2, 0) is 0 Å². The Kier molecular flexibility index (Phi) is 4.34. The Balaban J connectivity index is 1.63. The Hall–Kier alpha value is -1.69. The molecule has 2 aromatic heterocycles. The topological polar surface area (TPSA) is 63.8 Å². The van der Waals surface area contributed by atoms with Crippen molar-refractivity contribution in [1.29, 1.82) is 0 Å². The maximum atomic E-state index is 6.26. The Morgan fingerprint density at radius 3 is 2.90 bits per heavy atom. The second-order valence-corrected chi connectivity index (χ2v) is 5.92. The maximum absolute atomic E-state index is 6.26. The van der Waals surface area contributed by atoms with Crippen LogP contribution in [0.2, 0.25) is 5.15 Å². The first kappa shape index (κ1) is 14.3. The van der Waals surface area contributed by atoms with E-state index in [-0.39, 0.29) is 6.04 Å². The van der Waals surface area contributed by atoms with E-state index in [4.69, 9.17) is 17.3 Å². The molecule has 4 nitrogen and oxygen atoms in total. The first-order chi connectivity index (χ1) is 10.2. The van der Waals surface area contributed by atoms with E-state index in [0.717, 1.165) is 29.9 Å². The van der Waals surface area contributed by atoms with Gasteiger partial charge >= 0.3 is 0 Å². The summed E-state index contributed by atoms with van der Waals surface area (Å²) in [5.41, 5.74) is 7.23. The van der Waals surface area contributed by atoms with Gasteiger partial charge in [0.05, 0.1) is 16.4 Å². The molecule has 0 aliphatic heterocycles. The average molecular weight is 319 g/mol. The lowest BCUT2D eigenvalue weighted by atomic mass is 10.1. The molecule has 21 heavy (non-hydrogen) atoms. The molecule has 0 saturated carbocycles. The highest BCUT2D eigenvalue weighted by molar-refractivity contribution is 7.13. The summed E-state index contributed by atoms with van der Waals surface area (Å²) < 4.78 is 5.66. The standard InChI is InChI=1S/C15H15ClN4S/c16-13-6-3-7-14(19-13)18-9-8-11(17)15-10-4-1-2-5-12(10)21-20-15/h1-7,11H,8-9,17H2,(H,18,19). The highest BCUT2D eigenvalue weighted by atomic mass is 35.5. The molecule has 3 N–H and O–H groups in total. The van der Waals surface area contributed by atoms with Gasteiger partial charge in [0.2, 0.25) is 0 Å². The number of nitrogens with zero attached hydrogens (tertiary/aromatic N) is 2. The van der Waals surface area contributed by atoms with Crippen LogP contribution in [0.4, 0.5) is 5.82 Å². The average Bonchev–Trinajstić information content (AvgIpc) is 2.91. The van der Waals surface area contributed by atoms with E-state index in [1.807, 2.05) is 24.3 Å². The van der Waals surface area contributed by atoms with Gasteiger partial charge in [-0.05, 0) is 36.2 Å². The van der Waals surface area contributed by atoms with Gasteiger partial charge in [-0.2, -0.15) is 4.37 Å². The Labute approximate surface area is 132 Å². The van der Waals surface area contributed by atoms with Gasteiger partial charge in [-0.25, -0.2) is 4.98 Å². The lowest BCUT2D eigenvalue weighted by Crippen LogP contribution is -2.16. The number of anilines is 1. The van der Waals surface area contributed by atoms with E-state index in [2.05, 4.69) is 26.8 Å². The quantitative estimate of drug-likeness (QED) is 0.701. The van der Waals surface area contributed by atoms with Crippen molar-refractivity contribution >= 4 is 39.0 Å². The van der Waals surface area contributed by atoms with Crippen LogP contribution in [0.1, 0.15) is 18.2 Å². The van der Waals surface area contributed by atoms with Crippen molar-refractivity contribution in [3.63, 3.8) is 0 Å². The predicted molar refractivity (Wildman–Crippen MR) is 88.9 cm³/mol. The van der Waals surface area contributed by atoms with Crippen molar-refractivity contribution < 1.29 is 0 Å². The summed E-state index contributed by atoms with van der Waals surface area (Å²) in [6, 6.07) is 13.6. The largest absolute Gasteiger partial charge is 0.370 e. The fourth-order valence-corrected chi connectivity index (χ4v) is 3.18. The molecule has 108 valence electrons.